The molecule has 126 valence electrons. The quantitative estimate of drug-likeness (QED) is 0.347. The first-order valence-electron chi connectivity index (χ1n) is 8.51. The Balaban J connectivity index is 3.85. The van der Waals surface area contributed by atoms with Crippen molar-refractivity contribution in [2.24, 2.45) is 11.5 Å². The number of carboxylic acids is 1. The van der Waals surface area contributed by atoms with Crippen molar-refractivity contribution in [1.82, 2.24) is 5.32 Å². The van der Waals surface area contributed by atoms with Crippen molar-refractivity contribution in [3.8, 4) is 0 Å². The molecule has 0 aromatic heterocycles. The molecular weight excluding hydrogens is 266 g/mol. The number of carbonyl (C=O) groups is 1. The Kier molecular flexibility index (Phi) is 12.6. The van der Waals surface area contributed by atoms with Gasteiger partial charge < -0.3 is 21.9 Å². The number of rotatable bonds is 15. The van der Waals surface area contributed by atoms with E-state index in [9.17, 15) is 9.90 Å². The Morgan fingerprint density at radius 2 is 1.43 bits per heavy atom. The van der Waals surface area contributed by atoms with Crippen molar-refractivity contribution >= 4 is 5.97 Å². The molecule has 0 unspecified atom stereocenters. The minimum atomic E-state index is -0.940. The molecule has 0 aromatic rings. The van der Waals surface area contributed by atoms with Gasteiger partial charge in [0, 0.05) is 0 Å². The molecule has 0 aromatic carbocycles. The first-order valence-corrected chi connectivity index (χ1v) is 8.51. The highest BCUT2D eigenvalue weighted by molar-refractivity contribution is 5.78. The van der Waals surface area contributed by atoms with E-state index in [0.717, 1.165) is 19.4 Å². The highest BCUT2D eigenvalue weighted by Gasteiger charge is 2.36. The second kappa shape index (κ2) is 13.0. The molecule has 0 spiro atoms. The lowest BCUT2D eigenvalue weighted by Gasteiger charge is -2.30. The molecule has 0 bridgehead atoms. The van der Waals surface area contributed by atoms with Gasteiger partial charge in [0.2, 0.25) is 0 Å². The van der Waals surface area contributed by atoms with Crippen LogP contribution in [-0.4, -0.2) is 36.2 Å². The van der Waals surface area contributed by atoms with Crippen molar-refractivity contribution in [2.45, 2.75) is 76.7 Å². The van der Waals surface area contributed by atoms with Crippen LogP contribution in [0.25, 0.3) is 0 Å². The number of hydrogen-bond donors (Lipinski definition) is 4. The summed E-state index contributed by atoms with van der Waals surface area (Å²) in [6.07, 6.45) is 10.8. The molecule has 0 saturated heterocycles. The van der Waals surface area contributed by atoms with E-state index in [4.69, 9.17) is 11.5 Å². The van der Waals surface area contributed by atoms with Crippen molar-refractivity contribution < 1.29 is 9.90 Å². The van der Waals surface area contributed by atoms with Crippen molar-refractivity contribution in [3.05, 3.63) is 0 Å². The van der Waals surface area contributed by atoms with E-state index >= 15 is 0 Å². The summed E-state index contributed by atoms with van der Waals surface area (Å²) in [5.41, 5.74) is 10.2. The summed E-state index contributed by atoms with van der Waals surface area (Å²) in [5, 5.41) is 12.6. The normalized spacial score (nSPS) is 11.8. The first kappa shape index (κ1) is 20.3. The van der Waals surface area contributed by atoms with E-state index in [-0.39, 0.29) is 0 Å². The summed E-state index contributed by atoms with van der Waals surface area (Å²) >= 11 is 0. The summed E-state index contributed by atoms with van der Waals surface area (Å²) in [7, 11) is 0. The lowest BCUT2D eigenvalue weighted by molar-refractivity contribution is -0.145. The summed E-state index contributed by atoms with van der Waals surface area (Å²) in [4.78, 5) is 11.5. The molecule has 0 rings (SSSR count). The van der Waals surface area contributed by atoms with Crippen LogP contribution in [0, 0.1) is 0 Å². The summed E-state index contributed by atoms with van der Waals surface area (Å²) in [6.45, 7) is 3.66. The maximum absolute atomic E-state index is 11.5. The predicted molar refractivity (Wildman–Crippen MR) is 88.3 cm³/mol. The molecule has 5 heteroatoms. The SMILES string of the molecule is CCCCCCCCCCNC(CCN)(CCN)C(=O)O. The van der Waals surface area contributed by atoms with Crippen LogP contribution in [0.1, 0.15) is 71.1 Å². The Hall–Kier alpha value is -0.650. The van der Waals surface area contributed by atoms with Crippen LogP contribution < -0.4 is 16.8 Å². The maximum atomic E-state index is 11.5. The van der Waals surface area contributed by atoms with Crippen LogP contribution in [0.5, 0.6) is 0 Å². The minimum Gasteiger partial charge on any atom is -0.480 e. The fourth-order valence-electron chi connectivity index (χ4n) is 2.67. The van der Waals surface area contributed by atoms with Crippen molar-refractivity contribution in [1.29, 1.82) is 0 Å². The first-order chi connectivity index (χ1) is 10.1. The summed E-state index contributed by atoms with van der Waals surface area (Å²) in [5.74, 6) is -0.835. The van der Waals surface area contributed by atoms with Gasteiger partial charge in [0.1, 0.15) is 5.54 Å². The molecule has 6 N–H and O–H groups in total. The van der Waals surface area contributed by atoms with Gasteiger partial charge in [-0.1, -0.05) is 51.9 Å². The Bertz CT molecular complexity index is 254. The number of nitrogens with one attached hydrogen (secondary N) is 1. The van der Waals surface area contributed by atoms with E-state index in [1.807, 2.05) is 0 Å². The average Bonchev–Trinajstić information content (AvgIpc) is 2.45. The monoisotopic (exact) mass is 301 g/mol. The number of hydrogen-bond acceptors (Lipinski definition) is 4. The molecule has 0 heterocycles. The third-order valence-electron chi connectivity index (χ3n) is 4.05. The van der Waals surface area contributed by atoms with Crippen LogP contribution in [0.4, 0.5) is 0 Å². The van der Waals surface area contributed by atoms with Gasteiger partial charge in [-0.3, -0.25) is 4.79 Å². The molecule has 0 atom stereocenters. The Labute approximate surface area is 129 Å². The fourth-order valence-corrected chi connectivity index (χ4v) is 2.67. The maximum Gasteiger partial charge on any atom is 0.323 e. The second-order valence-electron chi connectivity index (χ2n) is 5.87. The predicted octanol–water partition coefficient (Wildman–Crippen LogP) is 2.24. The Morgan fingerprint density at radius 3 is 1.86 bits per heavy atom. The number of nitrogens with two attached hydrogens (primary N) is 2. The molecule has 0 saturated carbocycles. The van der Waals surface area contributed by atoms with E-state index in [2.05, 4.69) is 12.2 Å². The molecule has 21 heavy (non-hydrogen) atoms. The third-order valence-corrected chi connectivity index (χ3v) is 4.05. The van der Waals surface area contributed by atoms with Crippen LogP contribution in [0.3, 0.4) is 0 Å². The summed E-state index contributed by atoms with van der Waals surface area (Å²) < 4.78 is 0. The standard InChI is InChI=1S/C16H35N3O2/c1-2-3-4-5-6-7-8-9-14-19-16(10-12-17,11-13-18)15(20)21/h19H,2-14,17-18H2,1H3,(H,20,21). The topological polar surface area (TPSA) is 101 Å². The van der Waals surface area contributed by atoms with Crippen molar-refractivity contribution in [3.63, 3.8) is 0 Å². The van der Waals surface area contributed by atoms with Gasteiger partial charge in [-0.2, -0.15) is 0 Å². The molecular formula is C16H35N3O2. The lowest BCUT2D eigenvalue weighted by Crippen LogP contribution is -2.54. The van der Waals surface area contributed by atoms with Gasteiger partial charge in [0.25, 0.3) is 0 Å². The van der Waals surface area contributed by atoms with Crippen LogP contribution in [-0.2, 0) is 4.79 Å². The zero-order valence-electron chi connectivity index (χ0n) is 13.7. The number of carboxylic acid groups (broad SMARTS) is 1. The van der Waals surface area contributed by atoms with E-state index in [1.54, 1.807) is 0 Å². The molecule has 0 aliphatic rings. The zero-order valence-corrected chi connectivity index (χ0v) is 13.7. The average molecular weight is 301 g/mol. The molecule has 5 nitrogen and oxygen atoms in total. The lowest BCUT2D eigenvalue weighted by atomic mass is 9.91. The van der Waals surface area contributed by atoms with E-state index in [1.165, 1.54) is 38.5 Å². The van der Waals surface area contributed by atoms with E-state index in [0.29, 0.717) is 25.9 Å². The molecule has 0 fully saturated rings. The molecule has 0 radical (unpaired) electrons. The number of unbranched alkanes of at least 4 members (excludes halogenated alkanes) is 7. The molecule has 0 aliphatic carbocycles. The van der Waals surface area contributed by atoms with Gasteiger partial charge in [0.15, 0.2) is 0 Å². The van der Waals surface area contributed by atoms with Crippen LogP contribution in [0.2, 0.25) is 0 Å². The minimum absolute atomic E-state index is 0.358. The van der Waals surface area contributed by atoms with Gasteiger partial charge >= 0.3 is 5.97 Å². The molecule has 0 aliphatic heterocycles. The highest BCUT2D eigenvalue weighted by Crippen LogP contribution is 2.15. The number of aliphatic carboxylic acids is 1. The Morgan fingerprint density at radius 1 is 0.952 bits per heavy atom. The van der Waals surface area contributed by atoms with Gasteiger partial charge in [-0.25, -0.2) is 0 Å². The smallest absolute Gasteiger partial charge is 0.323 e. The zero-order chi connectivity index (χ0) is 16.0. The largest absolute Gasteiger partial charge is 0.480 e. The van der Waals surface area contributed by atoms with Crippen LogP contribution in [0.15, 0.2) is 0 Å². The fraction of sp³-hybridized carbons (Fsp3) is 0.938. The molecule has 0 amide bonds. The van der Waals surface area contributed by atoms with Gasteiger partial charge in [0.05, 0.1) is 0 Å². The van der Waals surface area contributed by atoms with Gasteiger partial charge in [-0.05, 0) is 38.9 Å². The second-order valence-corrected chi connectivity index (χ2v) is 5.87. The van der Waals surface area contributed by atoms with E-state index < -0.39 is 11.5 Å². The van der Waals surface area contributed by atoms with Crippen LogP contribution >= 0.6 is 0 Å². The third kappa shape index (κ3) is 9.06. The van der Waals surface area contributed by atoms with Crippen molar-refractivity contribution in [2.75, 3.05) is 19.6 Å². The summed E-state index contributed by atoms with van der Waals surface area (Å²) in [6, 6.07) is 0. The highest BCUT2D eigenvalue weighted by atomic mass is 16.4. The van der Waals surface area contributed by atoms with Gasteiger partial charge in [-0.15, -0.1) is 0 Å².